The van der Waals surface area contributed by atoms with E-state index in [4.69, 9.17) is 10.9 Å². The third-order valence-corrected chi connectivity index (χ3v) is 3.20. The third kappa shape index (κ3) is 11.3. The average molecular weight is 370 g/mol. The Morgan fingerprint density at radius 1 is 0.875 bits per heavy atom. The molecule has 0 aliphatic carbocycles. The maximum atomic E-state index is 10.7. The summed E-state index contributed by atoms with van der Waals surface area (Å²) in [6.45, 7) is 0. The number of sulfonamides is 1. The van der Waals surface area contributed by atoms with Gasteiger partial charge in [-0.15, -0.1) is 0 Å². The molecule has 9 heteroatoms. The maximum Gasteiger partial charge on any atom is 0.238 e. The highest BCUT2D eigenvalue weighted by Gasteiger charge is 2.04. The van der Waals surface area contributed by atoms with Gasteiger partial charge in [0.25, 0.3) is 0 Å². The summed E-state index contributed by atoms with van der Waals surface area (Å²) in [5.74, 6) is 0. The summed E-state index contributed by atoms with van der Waals surface area (Å²) < 4.78 is 21.4. The minimum Gasteiger partial charge on any atom is -0.399 e. The molecule has 0 spiro atoms. The smallest absolute Gasteiger partial charge is 0.238 e. The number of nitrogen functional groups attached to an aromatic ring is 1. The highest BCUT2D eigenvalue weighted by molar-refractivity contribution is 7.89. The lowest BCUT2D eigenvalue weighted by molar-refractivity contribution is 0.598. The van der Waals surface area contributed by atoms with Crippen molar-refractivity contribution in [1.82, 2.24) is 16.1 Å². The van der Waals surface area contributed by atoms with Crippen LogP contribution in [-0.2, 0) is 10.0 Å². The molecule has 132 valence electrons. The maximum absolute atomic E-state index is 10.7. The van der Waals surface area contributed by atoms with E-state index in [1.165, 1.54) is 24.3 Å². The molecule has 8 N–H and O–H groups in total. The van der Waals surface area contributed by atoms with E-state index < -0.39 is 10.0 Å². The van der Waals surface area contributed by atoms with Crippen LogP contribution in [0.4, 0.5) is 5.69 Å². The number of nitrogens with one attached hydrogen (secondary N) is 1. The van der Waals surface area contributed by atoms with Crippen molar-refractivity contribution >= 4 is 29.2 Å². The van der Waals surface area contributed by atoms with Gasteiger partial charge in [0.15, 0.2) is 0 Å². The van der Waals surface area contributed by atoms with Gasteiger partial charge in [0, 0.05) is 30.5 Å². The molecule has 0 unspecified atom stereocenters. The van der Waals surface area contributed by atoms with E-state index in [1.807, 2.05) is 42.7 Å². The van der Waals surface area contributed by atoms with E-state index in [-0.39, 0.29) is 24.5 Å². The highest BCUT2D eigenvalue weighted by Crippen LogP contribution is 2.08. The van der Waals surface area contributed by atoms with Crippen LogP contribution in [0, 0.1) is 0 Å². The number of primary sulfonamides is 1. The van der Waals surface area contributed by atoms with Gasteiger partial charge < -0.3 is 16.9 Å². The van der Waals surface area contributed by atoms with Crippen molar-refractivity contribution in [2.45, 2.75) is 4.90 Å². The lowest BCUT2D eigenvalue weighted by atomic mass is 10.3. The summed E-state index contributed by atoms with van der Waals surface area (Å²) in [6, 6.07) is 15.3. The Bertz CT molecular complexity index is 674. The van der Waals surface area contributed by atoms with E-state index in [9.17, 15) is 8.42 Å². The van der Waals surface area contributed by atoms with Gasteiger partial charge in [-0.3, -0.25) is 4.98 Å². The monoisotopic (exact) mass is 369 g/mol. The number of H-pyrrole nitrogens is 1. The molecule has 0 saturated heterocycles. The van der Waals surface area contributed by atoms with Gasteiger partial charge in [-0.1, -0.05) is 6.07 Å². The van der Waals surface area contributed by atoms with Crippen molar-refractivity contribution in [3.05, 3.63) is 79.4 Å². The molecule has 0 bridgehead atoms. The predicted molar refractivity (Wildman–Crippen MR) is 103 cm³/mol. The van der Waals surface area contributed by atoms with Gasteiger partial charge in [-0.05, 0) is 48.5 Å². The van der Waals surface area contributed by atoms with E-state index in [1.54, 1.807) is 12.4 Å². The minimum atomic E-state index is -3.58. The summed E-state index contributed by atoms with van der Waals surface area (Å²) in [5, 5.41) is 4.84. The fourth-order valence-corrected chi connectivity index (χ4v) is 1.76. The Kier molecular flexibility index (Phi) is 13.1. The third-order valence-electron chi connectivity index (χ3n) is 2.27. The lowest BCUT2D eigenvalue weighted by Crippen LogP contribution is -2.11. The van der Waals surface area contributed by atoms with Crippen LogP contribution in [0.1, 0.15) is 0 Å². The fourth-order valence-electron chi connectivity index (χ4n) is 1.25. The molecule has 0 atom stereocenters. The molecule has 0 aliphatic heterocycles. The van der Waals surface area contributed by atoms with Crippen molar-refractivity contribution in [3.8, 4) is 0 Å². The number of nitrogens with two attached hydrogens (primary N) is 2. The zero-order valence-electron chi connectivity index (χ0n) is 13.0. The Balaban J connectivity index is 0. The van der Waals surface area contributed by atoms with Crippen molar-refractivity contribution in [1.29, 1.82) is 0 Å². The summed E-state index contributed by atoms with van der Waals surface area (Å²) in [7, 11) is -3.58. The van der Waals surface area contributed by atoms with Gasteiger partial charge in [-0.2, -0.15) is 13.5 Å². The summed E-state index contributed by atoms with van der Waals surface area (Å²) >= 11 is 0. The molecule has 0 aliphatic rings. The normalized spacial score (nSPS) is 8.88. The molecule has 24 heavy (non-hydrogen) atoms. The van der Waals surface area contributed by atoms with E-state index in [2.05, 4.69) is 9.97 Å². The second kappa shape index (κ2) is 13.1. The quantitative estimate of drug-likeness (QED) is 0.485. The topological polar surface area (TPSA) is 150 Å². The van der Waals surface area contributed by atoms with Crippen molar-refractivity contribution in [2.75, 3.05) is 5.73 Å². The Morgan fingerprint density at radius 3 is 1.62 bits per heavy atom. The summed E-state index contributed by atoms with van der Waals surface area (Å²) in [6.07, 6.45) is 7.25. The number of nitrogens with zero attached hydrogens (tertiary/aromatic N) is 1. The number of benzene rings is 1. The lowest BCUT2D eigenvalue weighted by Gasteiger charge is -1.96. The first kappa shape index (κ1) is 23.9. The summed E-state index contributed by atoms with van der Waals surface area (Å²) in [4.78, 5) is 6.72. The predicted octanol–water partition coefficient (Wildman–Crippen LogP) is 2.29. The van der Waals surface area contributed by atoms with E-state index >= 15 is 0 Å². The van der Waals surface area contributed by atoms with Crippen LogP contribution in [0.25, 0.3) is 0 Å². The van der Waals surface area contributed by atoms with Gasteiger partial charge in [0.1, 0.15) is 0 Å². The first-order valence-electron chi connectivity index (χ1n) is 6.31. The Hall–Kier alpha value is -2.33. The van der Waals surface area contributed by atoms with Crippen LogP contribution in [0.2, 0.25) is 0 Å². The second-order valence-electron chi connectivity index (χ2n) is 4.02. The Morgan fingerprint density at radius 2 is 1.38 bits per heavy atom. The number of aromatic amines is 1. The highest BCUT2D eigenvalue weighted by atomic mass is 32.2. The van der Waals surface area contributed by atoms with Crippen molar-refractivity contribution in [2.24, 2.45) is 5.14 Å². The molecule has 3 rings (SSSR count). The van der Waals surface area contributed by atoms with Crippen molar-refractivity contribution in [3.63, 3.8) is 0 Å². The number of hydrogen-bond acceptors (Lipinski definition) is 5. The molecule has 1 aromatic carbocycles. The van der Waals surface area contributed by atoms with Crippen LogP contribution in [0.5, 0.6) is 0 Å². The standard InChI is InChI=1S/C6H8N2O2S.C5H5N.C4H5N.H3N.H2S/c7-5-1-3-6(4-2-5)11(8,9)10;1-2-4-6-5-3-1;1-2-4-5-3-1;;/h1-4H,7H2,(H2,8,9,10);1-5H;1-5H;1H3;1H2. The zero-order valence-corrected chi connectivity index (χ0v) is 14.9. The van der Waals surface area contributed by atoms with E-state index in [0.717, 1.165) is 0 Å². The molecule has 0 radical (unpaired) electrons. The molecular formula is C15H23N5O2S2. The van der Waals surface area contributed by atoms with Crippen LogP contribution >= 0.6 is 13.5 Å². The van der Waals surface area contributed by atoms with Crippen LogP contribution in [0.3, 0.4) is 0 Å². The van der Waals surface area contributed by atoms with Gasteiger partial charge in [0.2, 0.25) is 10.0 Å². The first-order valence-corrected chi connectivity index (χ1v) is 7.86. The second-order valence-corrected chi connectivity index (χ2v) is 5.58. The molecular weight excluding hydrogens is 346 g/mol. The largest absolute Gasteiger partial charge is 0.399 e. The molecule has 2 heterocycles. The number of hydrogen-bond donors (Lipinski definition) is 4. The minimum absolute atomic E-state index is 0. The Labute approximate surface area is 149 Å². The van der Waals surface area contributed by atoms with Crippen LogP contribution < -0.4 is 17.0 Å². The molecule has 0 amide bonds. The molecule has 0 fully saturated rings. The zero-order chi connectivity index (χ0) is 16.3. The molecule has 3 aromatic rings. The number of pyridine rings is 1. The number of rotatable bonds is 1. The van der Waals surface area contributed by atoms with Gasteiger partial charge >= 0.3 is 0 Å². The average Bonchev–Trinajstić information content (AvgIpc) is 3.09. The van der Waals surface area contributed by atoms with Gasteiger partial charge in [0.05, 0.1) is 4.90 Å². The van der Waals surface area contributed by atoms with Crippen molar-refractivity contribution < 1.29 is 8.42 Å². The fraction of sp³-hybridized carbons (Fsp3) is 0. The SMILES string of the molecule is N.Nc1ccc(S(N)(=O)=O)cc1.S.c1cc[nH]c1.c1ccncc1. The number of aromatic nitrogens is 2. The van der Waals surface area contributed by atoms with Gasteiger partial charge in [-0.25, -0.2) is 13.6 Å². The molecule has 0 saturated carbocycles. The molecule has 2 aromatic heterocycles. The first-order chi connectivity index (χ1) is 10.5. The van der Waals surface area contributed by atoms with Crippen LogP contribution in [-0.4, -0.2) is 18.4 Å². The van der Waals surface area contributed by atoms with Crippen LogP contribution in [0.15, 0.2) is 84.3 Å². The summed E-state index contributed by atoms with van der Waals surface area (Å²) in [5.41, 5.74) is 5.85. The van der Waals surface area contributed by atoms with E-state index in [0.29, 0.717) is 5.69 Å². The number of anilines is 1. The molecule has 7 nitrogen and oxygen atoms in total.